The van der Waals surface area contributed by atoms with E-state index in [4.69, 9.17) is 14.2 Å². The van der Waals surface area contributed by atoms with Gasteiger partial charge in [-0.2, -0.15) is 39.5 Å². The number of aryl methyl sites for hydroxylation is 1. The number of ether oxygens (including phenoxy) is 3. The van der Waals surface area contributed by atoms with Gasteiger partial charge in [-0.25, -0.2) is 9.59 Å². The minimum atomic E-state index is -5.14. The van der Waals surface area contributed by atoms with Gasteiger partial charge in [0.15, 0.2) is 0 Å². The molecule has 1 amide bonds. The third-order valence-corrected chi connectivity index (χ3v) is 8.53. The molecule has 0 aromatic heterocycles. The fourth-order valence-corrected chi connectivity index (χ4v) is 5.98. The molecule has 0 saturated carbocycles. The van der Waals surface area contributed by atoms with Crippen LogP contribution in [0, 0.1) is 6.92 Å². The quantitative estimate of drug-likeness (QED) is 0.140. The van der Waals surface area contributed by atoms with Crippen LogP contribution in [-0.2, 0) is 34.5 Å². The van der Waals surface area contributed by atoms with E-state index in [0.717, 1.165) is 17.0 Å². The van der Waals surface area contributed by atoms with E-state index >= 15 is 0 Å². The van der Waals surface area contributed by atoms with Crippen molar-refractivity contribution in [2.75, 3.05) is 14.2 Å². The van der Waals surface area contributed by atoms with Crippen LogP contribution in [0.2, 0.25) is 0 Å². The van der Waals surface area contributed by atoms with Crippen LogP contribution in [0.1, 0.15) is 56.8 Å². The second-order valence-electron chi connectivity index (χ2n) is 11.8. The molecule has 1 fully saturated rings. The first kappa shape index (κ1) is 37.1. The Hall–Kier alpha value is -5.21. The standard InChI is InChI=1S/C36H28F9NO5/c1-18-11-22(32(47)50-4)5-8-26(18)21-6-10-30(49-3)28(14-21)27-9-7-23(34(37,38)39)16-29(27)31-19(2)46(33(48)51-31)17-20-12-24(35(40,41)42)15-25(13-20)36(43,44)45/h5-16,19,31H,17H2,1-4H3/t19-,31?/m1/s1. The summed E-state index contributed by atoms with van der Waals surface area (Å²) in [7, 11) is 2.57. The van der Waals surface area contributed by atoms with E-state index in [1.807, 2.05) is 0 Å². The molecule has 4 aromatic carbocycles. The van der Waals surface area contributed by atoms with Crippen molar-refractivity contribution in [2.24, 2.45) is 0 Å². The summed E-state index contributed by atoms with van der Waals surface area (Å²) in [5.41, 5.74) is -2.31. The molecule has 5 rings (SSSR count). The lowest BCUT2D eigenvalue weighted by molar-refractivity contribution is -0.143. The van der Waals surface area contributed by atoms with Crippen molar-refractivity contribution < 1.29 is 63.3 Å². The highest BCUT2D eigenvalue weighted by atomic mass is 19.4. The molecule has 1 heterocycles. The molecule has 0 bridgehead atoms. The summed E-state index contributed by atoms with van der Waals surface area (Å²) in [4.78, 5) is 26.0. The molecule has 270 valence electrons. The van der Waals surface area contributed by atoms with Gasteiger partial charge in [-0.15, -0.1) is 0 Å². The van der Waals surface area contributed by atoms with E-state index in [9.17, 15) is 49.1 Å². The van der Waals surface area contributed by atoms with Gasteiger partial charge in [0.05, 0.1) is 42.5 Å². The van der Waals surface area contributed by atoms with Crippen LogP contribution in [0.5, 0.6) is 5.75 Å². The van der Waals surface area contributed by atoms with Crippen molar-refractivity contribution in [1.82, 2.24) is 4.90 Å². The Bertz CT molecular complexity index is 1950. The summed E-state index contributed by atoms with van der Waals surface area (Å²) in [5, 5.41) is 0. The smallest absolute Gasteiger partial charge is 0.416 e. The predicted molar refractivity (Wildman–Crippen MR) is 166 cm³/mol. The highest BCUT2D eigenvalue weighted by Gasteiger charge is 2.43. The van der Waals surface area contributed by atoms with Crippen molar-refractivity contribution in [3.8, 4) is 28.0 Å². The number of rotatable bonds is 7. The first-order valence-corrected chi connectivity index (χ1v) is 15.1. The number of amides is 1. The molecule has 1 aliphatic rings. The largest absolute Gasteiger partial charge is 0.496 e. The fourth-order valence-electron chi connectivity index (χ4n) is 5.98. The van der Waals surface area contributed by atoms with Gasteiger partial charge in [0, 0.05) is 17.7 Å². The third-order valence-electron chi connectivity index (χ3n) is 8.53. The summed E-state index contributed by atoms with van der Waals surface area (Å²) < 4.78 is 139. The van der Waals surface area contributed by atoms with Gasteiger partial charge in [-0.05, 0) is 96.3 Å². The maximum Gasteiger partial charge on any atom is 0.416 e. The van der Waals surface area contributed by atoms with Gasteiger partial charge in [0.25, 0.3) is 0 Å². The molecule has 0 N–H and O–H groups in total. The van der Waals surface area contributed by atoms with E-state index in [0.29, 0.717) is 34.4 Å². The molecule has 0 spiro atoms. The van der Waals surface area contributed by atoms with Crippen molar-refractivity contribution in [3.05, 3.63) is 112 Å². The van der Waals surface area contributed by atoms with Crippen LogP contribution in [-0.4, -0.2) is 37.2 Å². The number of alkyl halides is 9. The molecule has 51 heavy (non-hydrogen) atoms. The molecular formula is C36H28F9NO5. The molecule has 4 aromatic rings. The Labute approximate surface area is 285 Å². The minimum Gasteiger partial charge on any atom is -0.496 e. The number of nitrogens with zero attached hydrogens (tertiary/aromatic N) is 1. The van der Waals surface area contributed by atoms with Crippen LogP contribution in [0.25, 0.3) is 22.3 Å². The van der Waals surface area contributed by atoms with Gasteiger partial charge in [-0.3, -0.25) is 4.90 Å². The van der Waals surface area contributed by atoms with Crippen molar-refractivity contribution in [1.29, 1.82) is 0 Å². The monoisotopic (exact) mass is 725 g/mol. The number of carbonyl (C=O) groups excluding carboxylic acids is 2. The maximum absolute atomic E-state index is 14.0. The molecule has 6 nitrogen and oxygen atoms in total. The Morgan fingerprint density at radius 2 is 1.35 bits per heavy atom. The van der Waals surface area contributed by atoms with E-state index < -0.39 is 71.5 Å². The van der Waals surface area contributed by atoms with E-state index in [1.165, 1.54) is 33.3 Å². The zero-order chi connectivity index (χ0) is 37.6. The second kappa shape index (κ2) is 13.5. The fraction of sp³-hybridized carbons (Fsp3) is 0.278. The number of methoxy groups -OCH3 is 2. The van der Waals surface area contributed by atoms with Gasteiger partial charge in [-0.1, -0.05) is 18.2 Å². The molecule has 1 unspecified atom stereocenters. The lowest BCUT2D eigenvalue weighted by Gasteiger charge is -2.24. The van der Waals surface area contributed by atoms with E-state index in [2.05, 4.69) is 0 Å². The summed E-state index contributed by atoms with van der Waals surface area (Å²) in [6.07, 6.45) is -17.7. The van der Waals surface area contributed by atoms with Crippen LogP contribution in [0.15, 0.2) is 72.8 Å². The third kappa shape index (κ3) is 7.61. The number of hydrogen-bond acceptors (Lipinski definition) is 5. The van der Waals surface area contributed by atoms with Crippen LogP contribution >= 0.6 is 0 Å². The summed E-state index contributed by atoms with van der Waals surface area (Å²) in [5.74, 6) is -0.335. The van der Waals surface area contributed by atoms with Crippen molar-refractivity contribution in [2.45, 2.75) is 51.1 Å². The maximum atomic E-state index is 14.0. The predicted octanol–water partition coefficient (Wildman–Crippen LogP) is 10.3. The molecule has 15 heteroatoms. The topological polar surface area (TPSA) is 65.1 Å². The van der Waals surface area contributed by atoms with Crippen LogP contribution < -0.4 is 4.74 Å². The Balaban J connectivity index is 1.60. The highest BCUT2D eigenvalue weighted by Crippen LogP contribution is 2.45. The molecule has 0 aliphatic carbocycles. The number of benzene rings is 4. The zero-order valence-corrected chi connectivity index (χ0v) is 27.2. The minimum absolute atomic E-state index is 0.0521. The lowest BCUT2D eigenvalue weighted by Crippen LogP contribution is -2.31. The molecule has 2 atom stereocenters. The summed E-state index contributed by atoms with van der Waals surface area (Å²) in [6, 6.07) is 12.2. The number of carbonyl (C=O) groups is 2. The number of esters is 1. The molecule has 1 aliphatic heterocycles. The Kier molecular flexibility index (Phi) is 9.80. The van der Waals surface area contributed by atoms with E-state index in [-0.39, 0.29) is 28.5 Å². The Morgan fingerprint density at radius 3 is 1.90 bits per heavy atom. The normalized spacial score (nSPS) is 16.6. The van der Waals surface area contributed by atoms with Gasteiger partial charge in [0.1, 0.15) is 11.9 Å². The molecular weight excluding hydrogens is 697 g/mol. The first-order valence-electron chi connectivity index (χ1n) is 15.1. The summed E-state index contributed by atoms with van der Waals surface area (Å²) in [6.45, 7) is 2.33. The highest BCUT2D eigenvalue weighted by molar-refractivity contribution is 5.91. The van der Waals surface area contributed by atoms with Crippen LogP contribution in [0.3, 0.4) is 0 Å². The number of cyclic esters (lactones) is 1. The van der Waals surface area contributed by atoms with E-state index in [1.54, 1.807) is 37.3 Å². The van der Waals surface area contributed by atoms with Gasteiger partial charge < -0.3 is 14.2 Å². The van der Waals surface area contributed by atoms with Gasteiger partial charge in [0.2, 0.25) is 0 Å². The number of halogens is 9. The Morgan fingerprint density at radius 1 is 0.745 bits per heavy atom. The summed E-state index contributed by atoms with van der Waals surface area (Å²) >= 11 is 0. The number of hydrogen-bond donors (Lipinski definition) is 0. The average molecular weight is 726 g/mol. The van der Waals surface area contributed by atoms with Crippen LogP contribution in [0.4, 0.5) is 44.3 Å². The lowest BCUT2D eigenvalue weighted by atomic mass is 9.89. The average Bonchev–Trinajstić information content (AvgIpc) is 3.34. The van der Waals surface area contributed by atoms with Crippen molar-refractivity contribution in [3.63, 3.8) is 0 Å². The first-order chi connectivity index (χ1) is 23.7. The second-order valence-corrected chi connectivity index (χ2v) is 11.8. The van der Waals surface area contributed by atoms with Crippen molar-refractivity contribution >= 4 is 12.1 Å². The zero-order valence-electron chi connectivity index (χ0n) is 27.2. The molecule has 1 saturated heterocycles. The van der Waals surface area contributed by atoms with Gasteiger partial charge >= 0.3 is 30.6 Å². The molecule has 0 radical (unpaired) electrons. The SMILES string of the molecule is COC(=O)c1ccc(-c2ccc(OC)c(-c3ccc(C(F)(F)F)cc3C3OC(=O)N(Cc4cc(C(F)(F)F)cc(C(F)(F)F)c4)[C@@H]3C)c2)c(C)c1.